The van der Waals surface area contributed by atoms with Crippen molar-refractivity contribution < 1.29 is 4.39 Å². The molecular formula is C9H8Cl2FN. The topological polar surface area (TPSA) is 26.0 Å². The van der Waals surface area contributed by atoms with Crippen LogP contribution in [0.4, 0.5) is 10.1 Å². The number of rotatable bonds is 2. The highest BCUT2D eigenvalue weighted by Crippen LogP contribution is 2.23. The molecule has 0 aliphatic rings. The lowest BCUT2D eigenvalue weighted by atomic mass is 10.1. The summed E-state index contributed by atoms with van der Waals surface area (Å²) in [6.07, 6.45) is 3.31. The van der Waals surface area contributed by atoms with Crippen molar-refractivity contribution in [3.8, 4) is 0 Å². The minimum atomic E-state index is -0.512. The van der Waals surface area contributed by atoms with E-state index in [1.54, 1.807) is 18.2 Å². The Hall–Kier alpha value is -0.730. The van der Waals surface area contributed by atoms with Gasteiger partial charge in [0.25, 0.3) is 0 Å². The van der Waals surface area contributed by atoms with Crippen molar-refractivity contribution in [2.45, 2.75) is 0 Å². The van der Waals surface area contributed by atoms with E-state index in [-0.39, 0.29) is 5.69 Å². The molecule has 0 heterocycles. The standard InChI is InChI=1S/C9H8Cl2FN/c10-3-1-2-6-4-7(11)5-8(12)9(6)13/h1-2,4-5H,3,13H2. The average molecular weight is 220 g/mol. The Morgan fingerprint density at radius 2 is 2.15 bits per heavy atom. The lowest BCUT2D eigenvalue weighted by molar-refractivity contribution is 0.632. The van der Waals surface area contributed by atoms with E-state index in [1.807, 2.05) is 0 Å². The third-order valence-electron chi connectivity index (χ3n) is 1.51. The van der Waals surface area contributed by atoms with E-state index >= 15 is 0 Å². The van der Waals surface area contributed by atoms with E-state index in [4.69, 9.17) is 28.9 Å². The summed E-state index contributed by atoms with van der Waals surface area (Å²) in [5, 5.41) is 0.320. The molecule has 4 heteroatoms. The Balaban J connectivity index is 3.12. The molecule has 0 aliphatic carbocycles. The monoisotopic (exact) mass is 219 g/mol. The minimum absolute atomic E-state index is 0.0887. The van der Waals surface area contributed by atoms with Crippen LogP contribution in [0.5, 0.6) is 0 Å². The number of nitrogen functional groups attached to an aromatic ring is 1. The maximum absolute atomic E-state index is 13.0. The third kappa shape index (κ3) is 2.61. The molecule has 0 spiro atoms. The van der Waals surface area contributed by atoms with Crippen molar-refractivity contribution in [1.29, 1.82) is 0 Å². The summed E-state index contributed by atoms with van der Waals surface area (Å²) < 4.78 is 13.0. The molecule has 0 atom stereocenters. The summed E-state index contributed by atoms with van der Waals surface area (Å²) in [6, 6.07) is 2.76. The second-order valence-corrected chi connectivity index (χ2v) is 3.19. The van der Waals surface area contributed by atoms with Crippen LogP contribution in [0.2, 0.25) is 5.02 Å². The highest BCUT2D eigenvalue weighted by Gasteiger charge is 2.03. The fraction of sp³-hybridized carbons (Fsp3) is 0.111. The molecular weight excluding hydrogens is 212 g/mol. The number of hydrogen-bond donors (Lipinski definition) is 1. The second kappa shape index (κ2) is 4.49. The van der Waals surface area contributed by atoms with Crippen molar-refractivity contribution in [2.75, 3.05) is 11.6 Å². The van der Waals surface area contributed by atoms with Gasteiger partial charge < -0.3 is 5.73 Å². The van der Waals surface area contributed by atoms with Gasteiger partial charge in [-0.15, -0.1) is 11.6 Å². The number of benzene rings is 1. The van der Waals surface area contributed by atoms with Gasteiger partial charge in [-0.05, 0) is 12.1 Å². The summed E-state index contributed by atoms with van der Waals surface area (Å²) in [4.78, 5) is 0. The zero-order valence-corrected chi connectivity index (χ0v) is 8.24. The summed E-state index contributed by atoms with van der Waals surface area (Å²) >= 11 is 11.1. The molecule has 1 aromatic carbocycles. The molecule has 0 saturated heterocycles. The summed E-state index contributed by atoms with van der Waals surface area (Å²) in [6.45, 7) is 0. The summed E-state index contributed by atoms with van der Waals surface area (Å²) in [5.41, 5.74) is 6.10. The second-order valence-electron chi connectivity index (χ2n) is 2.45. The fourth-order valence-corrected chi connectivity index (χ4v) is 1.22. The maximum atomic E-state index is 13.0. The van der Waals surface area contributed by atoms with Gasteiger partial charge in [-0.1, -0.05) is 23.8 Å². The van der Waals surface area contributed by atoms with Crippen LogP contribution in [-0.2, 0) is 0 Å². The number of nitrogens with two attached hydrogens (primary N) is 1. The van der Waals surface area contributed by atoms with Gasteiger partial charge in [0, 0.05) is 16.5 Å². The molecule has 0 bridgehead atoms. The van der Waals surface area contributed by atoms with Crippen LogP contribution in [0, 0.1) is 5.82 Å². The van der Waals surface area contributed by atoms with Crippen LogP contribution in [0.15, 0.2) is 18.2 Å². The zero-order chi connectivity index (χ0) is 9.84. The smallest absolute Gasteiger partial charge is 0.148 e. The lowest BCUT2D eigenvalue weighted by Crippen LogP contribution is -1.94. The van der Waals surface area contributed by atoms with Gasteiger partial charge in [0.15, 0.2) is 0 Å². The Kier molecular flexibility index (Phi) is 3.58. The molecule has 2 N–H and O–H groups in total. The Labute approximate surface area is 85.9 Å². The summed E-state index contributed by atoms with van der Waals surface area (Å²) in [5.74, 6) is -0.158. The molecule has 0 amide bonds. The highest BCUT2D eigenvalue weighted by molar-refractivity contribution is 6.30. The molecule has 70 valence electrons. The van der Waals surface area contributed by atoms with E-state index in [1.165, 1.54) is 6.07 Å². The van der Waals surface area contributed by atoms with Crippen LogP contribution < -0.4 is 5.73 Å². The first kappa shape index (κ1) is 10.4. The third-order valence-corrected chi connectivity index (χ3v) is 1.91. The van der Waals surface area contributed by atoms with Crippen molar-refractivity contribution >= 4 is 35.0 Å². The molecule has 1 nitrogen and oxygen atoms in total. The summed E-state index contributed by atoms with van der Waals surface area (Å²) in [7, 11) is 0. The van der Waals surface area contributed by atoms with Crippen molar-refractivity contribution in [2.24, 2.45) is 0 Å². The molecule has 0 aromatic heterocycles. The largest absolute Gasteiger partial charge is 0.396 e. The number of alkyl halides is 1. The van der Waals surface area contributed by atoms with Gasteiger partial charge in [-0.3, -0.25) is 0 Å². The zero-order valence-electron chi connectivity index (χ0n) is 6.73. The lowest BCUT2D eigenvalue weighted by Gasteiger charge is -2.02. The van der Waals surface area contributed by atoms with Crippen LogP contribution >= 0.6 is 23.2 Å². The first-order chi connectivity index (χ1) is 6.15. The molecule has 1 rings (SSSR count). The van der Waals surface area contributed by atoms with Gasteiger partial charge in [0.05, 0.1) is 5.69 Å². The Morgan fingerprint density at radius 3 is 2.77 bits per heavy atom. The van der Waals surface area contributed by atoms with E-state index in [0.717, 1.165) is 0 Å². The van der Waals surface area contributed by atoms with E-state index in [9.17, 15) is 4.39 Å². The van der Waals surface area contributed by atoms with Gasteiger partial charge in [0.1, 0.15) is 5.82 Å². The van der Waals surface area contributed by atoms with Crippen LogP contribution in [0.25, 0.3) is 6.08 Å². The molecule has 0 saturated carbocycles. The molecule has 0 unspecified atom stereocenters. The SMILES string of the molecule is Nc1c(F)cc(Cl)cc1C=CCCl. The normalized spacial score (nSPS) is 11.0. The van der Waals surface area contributed by atoms with Crippen LogP contribution in [0.1, 0.15) is 5.56 Å². The molecule has 0 radical (unpaired) electrons. The molecule has 13 heavy (non-hydrogen) atoms. The first-order valence-corrected chi connectivity index (χ1v) is 4.53. The predicted molar refractivity (Wildman–Crippen MR) is 55.6 cm³/mol. The van der Waals surface area contributed by atoms with Crippen molar-refractivity contribution in [1.82, 2.24) is 0 Å². The van der Waals surface area contributed by atoms with Crippen LogP contribution in [-0.4, -0.2) is 5.88 Å². The molecule has 0 fully saturated rings. The fourth-order valence-electron chi connectivity index (χ4n) is 0.914. The molecule has 1 aromatic rings. The van der Waals surface area contributed by atoms with Gasteiger partial charge in [-0.2, -0.15) is 0 Å². The van der Waals surface area contributed by atoms with Crippen molar-refractivity contribution in [3.05, 3.63) is 34.6 Å². The quantitative estimate of drug-likeness (QED) is 0.600. The van der Waals surface area contributed by atoms with E-state index in [0.29, 0.717) is 16.5 Å². The van der Waals surface area contributed by atoms with E-state index in [2.05, 4.69) is 0 Å². The predicted octanol–water partition coefficient (Wildman–Crippen LogP) is 3.31. The number of halogens is 3. The van der Waals surface area contributed by atoms with Crippen molar-refractivity contribution in [3.63, 3.8) is 0 Å². The minimum Gasteiger partial charge on any atom is -0.396 e. The Morgan fingerprint density at radius 1 is 1.46 bits per heavy atom. The van der Waals surface area contributed by atoms with Gasteiger partial charge in [-0.25, -0.2) is 4.39 Å². The van der Waals surface area contributed by atoms with Crippen LogP contribution in [0.3, 0.4) is 0 Å². The molecule has 0 aliphatic heterocycles. The average Bonchev–Trinajstić information content (AvgIpc) is 2.09. The van der Waals surface area contributed by atoms with E-state index < -0.39 is 5.82 Å². The Bertz CT molecular complexity index is 337. The van der Waals surface area contributed by atoms with Gasteiger partial charge in [0.2, 0.25) is 0 Å². The number of allylic oxidation sites excluding steroid dienone is 1. The van der Waals surface area contributed by atoms with Gasteiger partial charge >= 0.3 is 0 Å². The number of anilines is 1. The first-order valence-electron chi connectivity index (χ1n) is 3.62. The maximum Gasteiger partial charge on any atom is 0.148 e. The number of hydrogen-bond acceptors (Lipinski definition) is 1. The highest BCUT2D eigenvalue weighted by atomic mass is 35.5.